The van der Waals surface area contributed by atoms with Gasteiger partial charge in [-0.15, -0.1) is 6.42 Å². The van der Waals surface area contributed by atoms with Gasteiger partial charge in [0.15, 0.2) is 0 Å². The van der Waals surface area contributed by atoms with E-state index in [1.807, 2.05) is 0 Å². The lowest BCUT2D eigenvalue weighted by atomic mass is 10.2. The van der Waals surface area contributed by atoms with Crippen LogP contribution in [0.25, 0.3) is 0 Å². The molecule has 0 aliphatic carbocycles. The minimum Gasteiger partial charge on any atom is -0.373 e. The summed E-state index contributed by atoms with van der Waals surface area (Å²) in [7, 11) is 0. The van der Waals surface area contributed by atoms with E-state index in [1.54, 1.807) is 12.1 Å². The fourth-order valence-electron chi connectivity index (χ4n) is 0.931. The number of benzene rings is 1. The molecule has 0 unspecified atom stereocenters. The van der Waals surface area contributed by atoms with Crippen molar-refractivity contribution in [3.8, 4) is 18.4 Å². The lowest BCUT2D eigenvalue weighted by molar-refractivity contribution is 0.624. The number of terminal acetylenes is 1. The topological polar surface area (TPSA) is 35.8 Å². The highest BCUT2D eigenvalue weighted by atomic mass is 19.1. The zero-order valence-corrected chi connectivity index (χ0v) is 6.84. The fraction of sp³-hybridized carbons (Fsp3) is 0.100. The quantitative estimate of drug-likeness (QED) is 0.693. The molecule has 0 fully saturated rings. The van der Waals surface area contributed by atoms with E-state index in [9.17, 15) is 4.39 Å². The fourth-order valence-corrected chi connectivity index (χ4v) is 0.931. The van der Waals surface area contributed by atoms with Crippen molar-refractivity contribution >= 4 is 5.69 Å². The number of rotatable bonds is 2. The maximum absolute atomic E-state index is 13.0. The van der Waals surface area contributed by atoms with Crippen molar-refractivity contribution in [3.63, 3.8) is 0 Å². The molecule has 64 valence electrons. The summed E-state index contributed by atoms with van der Waals surface area (Å²) >= 11 is 0. The second-order valence-electron chi connectivity index (χ2n) is 2.33. The summed E-state index contributed by atoms with van der Waals surface area (Å²) in [5.41, 5.74) is 0.429. The van der Waals surface area contributed by atoms with Gasteiger partial charge < -0.3 is 5.32 Å². The summed E-state index contributed by atoms with van der Waals surface area (Å²) in [4.78, 5) is 0. The van der Waals surface area contributed by atoms with Crippen molar-refractivity contribution in [2.75, 3.05) is 11.9 Å². The van der Waals surface area contributed by atoms with E-state index in [-0.39, 0.29) is 12.1 Å². The van der Waals surface area contributed by atoms with E-state index < -0.39 is 5.82 Å². The number of nitriles is 1. The van der Waals surface area contributed by atoms with E-state index in [0.717, 1.165) is 0 Å². The number of anilines is 1. The van der Waals surface area contributed by atoms with Crippen LogP contribution in [0.3, 0.4) is 0 Å². The predicted molar refractivity (Wildman–Crippen MR) is 48.4 cm³/mol. The Labute approximate surface area is 76.0 Å². The predicted octanol–water partition coefficient (Wildman–Crippen LogP) is 1.74. The van der Waals surface area contributed by atoms with Crippen molar-refractivity contribution in [3.05, 3.63) is 29.6 Å². The van der Waals surface area contributed by atoms with Gasteiger partial charge in [0.25, 0.3) is 0 Å². The molecule has 0 saturated heterocycles. The van der Waals surface area contributed by atoms with Crippen LogP contribution >= 0.6 is 0 Å². The van der Waals surface area contributed by atoms with Crippen LogP contribution in [0.2, 0.25) is 0 Å². The van der Waals surface area contributed by atoms with Crippen LogP contribution in [0.4, 0.5) is 10.1 Å². The first-order valence-corrected chi connectivity index (χ1v) is 3.65. The minimum atomic E-state index is -0.537. The molecule has 3 heteroatoms. The zero-order chi connectivity index (χ0) is 9.68. The van der Waals surface area contributed by atoms with Gasteiger partial charge in [-0.1, -0.05) is 12.0 Å². The molecule has 0 spiro atoms. The second kappa shape index (κ2) is 4.13. The Kier molecular flexibility index (Phi) is 2.89. The minimum absolute atomic E-state index is 0.00208. The van der Waals surface area contributed by atoms with Crippen molar-refractivity contribution in [1.82, 2.24) is 0 Å². The lowest BCUT2D eigenvalue weighted by Gasteiger charge is -2.04. The molecule has 1 N–H and O–H groups in total. The van der Waals surface area contributed by atoms with Crippen LogP contribution < -0.4 is 5.32 Å². The van der Waals surface area contributed by atoms with Gasteiger partial charge in [-0.2, -0.15) is 5.26 Å². The number of nitrogens with zero attached hydrogens (tertiary/aromatic N) is 1. The first-order chi connectivity index (χ1) is 6.29. The average Bonchev–Trinajstić information content (AvgIpc) is 2.15. The Morgan fingerprint density at radius 3 is 2.92 bits per heavy atom. The Morgan fingerprint density at radius 1 is 1.54 bits per heavy atom. The van der Waals surface area contributed by atoms with Crippen LogP contribution in [0, 0.1) is 29.5 Å². The van der Waals surface area contributed by atoms with Crippen molar-refractivity contribution in [2.24, 2.45) is 0 Å². The molecule has 0 aromatic heterocycles. The summed E-state index contributed by atoms with van der Waals surface area (Å²) in [5, 5.41) is 11.4. The Hall–Kier alpha value is -2.00. The number of halogens is 1. The SMILES string of the molecule is C#CCNc1cccc(F)c1C#N. The zero-order valence-electron chi connectivity index (χ0n) is 6.84. The number of nitrogens with one attached hydrogen (secondary N) is 1. The third-order valence-corrected chi connectivity index (χ3v) is 1.51. The highest BCUT2D eigenvalue weighted by Gasteiger charge is 2.05. The Bertz CT molecular complexity index is 385. The van der Waals surface area contributed by atoms with Crippen molar-refractivity contribution in [2.45, 2.75) is 0 Å². The van der Waals surface area contributed by atoms with Gasteiger partial charge in [0, 0.05) is 0 Å². The van der Waals surface area contributed by atoms with Gasteiger partial charge in [0.05, 0.1) is 12.2 Å². The maximum Gasteiger partial charge on any atom is 0.143 e. The van der Waals surface area contributed by atoms with Crippen molar-refractivity contribution < 1.29 is 4.39 Å². The normalized spacial score (nSPS) is 8.54. The molecular formula is C10H7FN2. The molecule has 0 aliphatic rings. The van der Waals surface area contributed by atoms with Crippen LogP contribution in [0.1, 0.15) is 5.56 Å². The summed E-state index contributed by atoms with van der Waals surface area (Å²) in [5.74, 6) is 1.81. The molecule has 2 nitrogen and oxygen atoms in total. The molecule has 0 amide bonds. The molecule has 1 aromatic carbocycles. The molecule has 1 aromatic rings. The third kappa shape index (κ3) is 1.98. The standard InChI is InChI=1S/C10H7FN2/c1-2-6-13-10-5-3-4-9(11)8(10)7-12/h1,3-5,13H,6H2. The van der Waals surface area contributed by atoms with Gasteiger partial charge in [0.1, 0.15) is 17.4 Å². The van der Waals surface area contributed by atoms with Gasteiger partial charge in [-0.05, 0) is 12.1 Å². The summed E-state index contributed by atoms with van der Waals surface area (Å²) < 4.78 is 13.0. The van der Waals surface area contributed by atoms with E-state index in [2.05, 4.69) is 11.2 Å². The van der Waals surface area contributed by atoms with Crippen LogP contribution in [0.15, 0.2) is 18.2 Å². The van der Waals surface area contributed by atoms with Crippen molar-refractivity contribution in [1.29, 1.82) is 5.26 Å². The largest absolute Gasteiger partial charge is 0.373 e. The lowest BCUT2D eigenvalue weighted by Crippen LogP contribution is -2.01. The van der Waals surface area contributed by atoms with Crippen LogP contribution in [0.5, 0.6) is 0 Å². The molecule has 0 atom stereocenters. The molecule has 0 radical (unpaired) electrons. The first-order valence-electron chi connectivity index (χ1n) is 3.65. The molecule has 13 heavy (non-hydrogen) atoms. The van der Waals surface area contributed by atoms with E-state index in [4.69, 9.17) is 11.7 Å². The van der Waals surface area contributed by atoms with E-state index in [1.165, 1.54) is 12.1 Å². The Balaban J connectivity index is 3.02. The van der Waals surface area contributed by atoms with Crippen LogP contribution in [-0.4, -0.2) is 6.54 Å². The highest BCUT2D eigenvalue weighted by molar-refractivity contribution is 5.58. The average molecular weight is 174 g/mol. The molecule has 0 bridgehead atoms. The Morgan fingerprint density at radius 2 is 2.31 bits per heavy atom. The molecule has 1 rings (SSSR count). The second-order valence-corrected chi connectivity index (χ2v) is 2.33. The summed E-state index contributed by atoms with van der Waals surface area (Å²) in [6.07, 6.45) is 5.02. The van der Waals surface area contributed by atoms with E-state index in [0.29, 0.717) is 5.69 Å². The summed E-state index contributed by atoms with van der Waals surface area (Å²) in [6, 6.07) is 6.14. The molecule has 0 saturated carbocycles. The third-order valence-electron chi connectivity index (χ3n) is 1.51. The molecule has 0 heterocycles. The monoisotopic (exact) mass is 174 g/mol. The van der Waals surface area contributed by atoms with Gasteiger partial charge in [-0.25, -0.2) is 4.39 Å². The highest BCUT2D eigenvalue weighted by Crippen LogP contribution is 2.16. The number of hydrogen-bond acceptors (Lipinski definition) is 2. The van der Waals surface area contributed by atoms with Gasteiger partial charge >= 0.3 is 0 Å². The molecule has 0 aliphatic heterocycles. The van der Waals surface area contributed by atoms with Gasteiger partial charge in [-0.3, -0.25) is 0 Å². The first kappa shape index (κ1) is 9.09. The molecular weight excluding hydrogens is 167 g/mol. The smallest absolute Gasteiger partial charge is 0.143 e. The summed E-state index contributed by atoms with van der Waals surface area (Å²) in [6.45, 7) is 0.276. The van der Waals surface area contributed by atoms with Gasteiger partial charge in [0.2, 0.25) is 0 Å². The van der Waals surface area contributed by atoms with Crippen LogP contribution in [-0.2, 0) is 0 Å². The van der Waals surface area contributed by atoms with E-state index >= 15 is 0 Å². The maximum atomic E-state index is 13.0. The number of hydrogen-bond donors (Lipinski definition) is 1.